The number of hydrogen-bond acceptors (Lipinski definition) is 3. The van der Waals surface area contributed by atoms with Crippen LogP contribution in [0.1, 0.15) is 31.9 Å². The zero-order chi connectivity index (χ0) is 14.1. The molecule has 0 aliphatic heterocycles. The molecule has 0 bridgehead atoms. The number of ether oxygens (including phenoxy) is 2. The summed E-state index contributed by atoms with van der Waals surface area (Å²) in [5.41, 5.74) is 2.48. The van der Waals surface area contributed by atoms with E-state index in [2.05, 4.69) is 38.2 Å². The lowest BCUT2D eigenvalue weighted by Gasteiger charge is -2.14. The van der Waals surface area contributed by atoms with Gasteiger partial charge in [0.15, 0.2) is 0 Å². The molecule has 0 heterocycles. The van der Waals surface area contributed by atoms with Crippen molar-refractivity contribution in [3.8, 4) is 5.75 Å². The van der Waals surface area contributed by atoms with Crippen LogP contribution in [0.2, 0.25) is 0 Å². The van der Waals surface area contributed by atoms with Crippen LogP contribution in [-0.4, -0.2) is 26.4 Å². The third-order valence-electron chi connectivity index (χ3n) is 2.77. The number of rotatable bonds is 9. The second-order valence-corrected chi connectivity index (χ2v) is 5.18. The number of hydrogen-bond donors (Lipinski definition) is 1. The van der Waals surface area contributed by atoms with Gasteiger partial charge in [-0.1, -0.05) is 31.5 Å². The number of aryl methyl sites for hydroxylation is 1. The molecule has 1 aromatic rings. The lowest BCUT2D eigenvalue weighted by molar-refractivity contribution is 0.110. The third-order valence-corrected chi connectivity index (χ3v) is 2.77. The van der Waals surface area contributed by atoms with Gasteiger partial charge in [-0.25, -0.2) is 0 Å². The zero-order valence-electron chi connectivity index (χ0n) is 12.7. The maximum atomic E-state index is 5.79. The monoisotopic (exact) mass is 265 g/mol. The molecule has 1 N–H and O–H groups in total. The van der Waals surface area contributed by atoms with E-state index in [4.69, 9.17) is 9.47 Å². The largest absolute Gasteiger partial charge is 0.491 e. The average Bonchev–Trinajstić information content (AvgIpc) is 2.36. The molecule has 0 fully saturated rings. The van der Waals surface area contributed by atoms with Crippen molar-refractivity contribution in [3.63, 3.8) is 0 Å². The van der Waals surface area contributed by atoms with Gasteiger partial charge in [0.05, 0.1) is 6.61 Å². The summed E-state index contributed by atoms with van der Waals surface area (Å²) < 4.78 is 11.1. The molecule has 0 saturated heterocycles. The smallest absolute Gasteiger partial charge is 0.123 e. The normalized spacial score (nSPS) is 11.0. The van der Waals surface area contributed by atoms with Crippen LogP contribution in [0.3, 0.4) is 0 Å². The molecule has 0 unspecified atom stereocenters. The Labute approximate surface area is 117 Å². The van der Waals surface area contributed by atoms with Crippen molar-refractivity contribution in [2.75, 3.05) is 26.4 Å². The Morgan fingerprint density at radius 3 is 2.68 bits per heavy atom. The predicted octanol–water partition coefficient (Wildman–Crippen LogP) is 3.16. The van der Waals surface area contributed by atoms with Gasteiger partial charge in [0.25, 0.3) is 0 Å². The van der Waals surface area contributed by atoms with Crippen LogP contribution in [0, 0.1) is 12.8 Å². The van der Waals surface area contributed by atoms with Crippen molar-refractivity contribution in [1.29, 1.82) is 0 Å². The lowest BCUT2D eigenvalue weighted by Crippen LogP contribution is -2.19. The van der Waals surface area contributed by atoms with E-state index in [1.165, 1.54) is 11.1 Å². The Balaban J connectivity index is 2.53. The minimum absolute atomic E-state index is 0.605. The van der Waals surface area contributed by atoms with Crippen molar-refractivity contribution in [1.82, 2.24) is 5.32 Å². The zero-order valence-corrected chi connectivity index (χ0v) is 12.7. The summed E-state index contributed by atoms with van der Waals surface area (Å²) in [6.07, 6.45) is 0. The van der Waals surface area contributed by atoms with Gasteiger partial charge in [-0.05, 0) is 32.4 Å². The minimum atomic E-state index is 0.605. The van der Waals surface area contributed by atoms with E-state index < -0.39 is 0 Å². The molecular formula is C16H27NO2. The standard InChI is InChI=1S/C16H27NO2/c1-5-18-8-9-19-16-7-6-14(4)10-15(16)12-17-11-13(2)3/h6-7,10,13,17H,5,8-9,11-12H2,1-4H3. The molecule has 108 valence electrons. The van der Waals surface area contributed by atoms with Gasteiger partial charge in [0.2, 0.25) is 0 Å². The topological polar surface area (TPSA) is 30.5 Å². The molecule has 1 aromatic carbocycles. The van der Waals surface area contributed by atoms with Gasteiger partial charge in [-0.2, -0.15) is 0 Å². The van der Waals surface area contributed by atoms with Crippen molar-refractivity contribution >= 4 is 0 Å². The lowest BCUT2D eigenvalue weighted by atomic mass is 10.1. The molecular weight excluding hydrogens is 238 g/mol. The van der Waals surface area contributed by atoms with Crippen molar-refractivity contribution in [3.05, 3.63) is 29.3 Å². The van der Waals surface area contributed by atoms with E-state index >= 15 is 0 Å². The second-order valence-electron chi connectivity index (χ2n) is 5.18. The minimum Gasteiger partial charge on any atom is -0.491 e. The predicted molar refractivity (Wildman–Crippen MR) is 79.7 cm³/mol. The molecule has 0 spiro atoms. The van der Waals surface area contributed by atoms with Gasteiger partial charge in [-0.3, -0.25) is 0 Å². The molecule has 3 heteroatoms. The van der Waals surface area contributed by atoms with Crippen molar-refractivity contribution < 1.29 is 9.47 Å². The van der Waals surface area contributed by atoms with Crippen LogP contribution in [0.4, 0.5) is 0 Å². The van der Waals surface area contributed by atoms with Crippen LogP contribution in [-0.2, 0) is 11.3 Å². The maximum Gasteiger partial charge on any atom is 0.123 e. The van der Waals surface area contributed by atoms with E-state index in [1.807, 2.05) is 13.0 Å². The first-order chi connectivity index (χ1) is 9.13. The quantitative estimate of drug-likeness (QED) is 0.696. The Bertz CT molecular complexity index is 364. The van der Waals surface area contributed by atoms with Gasteiger partial charge >= 0.3 is 0 Å². The highest BCUT2D eigenvalue weighted by atomic mass is 16.5. The summed E-state index contributed by atoms with van der Waals surface area (Å²) in [6.45, 7) is 12.4. The summed E-state index contributed by atoms with van der Waals surface area (Å²) in [7, 11) is 0. The van der Waals surface area contributed by atoms with Crippen molar-refractivity contribution in [2.24, 2.45) is 5.92 Å². The van der Waals surface area contributed by atoms with E-state index in [0.29, 0.717) is 19.1 Å². The number of nitrogens with one attached hydrogen (secondary N) is 1. The molecule has 0 atom stereocenters. The number of benzene rings is 1. The van der Waals surface area contributed by atoms with Gasteiger partial charge < -0.3 is 14.8 Å². The fourth-order valence-corrected chi connectivity index (χ4v) is 1.84. The Morgan fingerprint density at radius 1 is 1.21 bits per heavy atom. The Morgan fingerprint density at radius 2 is 2.00 bits per heavy atom. The first-order valence-electron chi connectivity index (χ1n) is 7.14. The van der Waals surface area contributed by atoms with E-state index in [0.717, 1.165) is 25.4 Å². The molecule has 19 heavy (non-hydrogen) atoms. The summed E-state index contributed by atoms with van der Waals surface area (Å²) in [6, 6.07) is 6.32. The van der Waals surface area contributed by atoms with E-state index in [9.17, 15) is 0 Å². The molecule has 0 aliphatic rings. The fourth-order valence-electron chi connectivity index (χ4n) is 1.84. The highest BCUT2D eigenvalue weighted by molar-refractivity contribution is 5.36. The van der Waals surface area contributed by atoms with Gasteiger partial charge in [-0.15, -0.1) is 0 Å². The van der Waals surface area contributed by atoms with Crippen LogP contribution in [0.5, 0.6) is 5.75 Å². The Kier molecular flexibility index (Phi) is 7.53. The highest BCUT2D eigenvalue weighted by Gasteiger charge is 2.04. The van der Waals surface area contributed by atoms with E-state index in [1.54, 1.807) is 0 Å². The molecule has 0 radical (unpaired) electrons. The maximum absolute atomic E-state index is 5.79. The summed E-state index contributed by atoms with van der Waals surface area (Å²) in [5.74, 6) is 1.62. The summed E-state index contributed by atoms with van der Waals surface area (Å²) >= 11 is 0. The Hall–Kier alpha value is -1.06. The second kappa shape index (κ2) is 8.94. The van der Waals surface area contributed by atoms with Gasteiger partial charge in [0.1, 0.15) is 12.4 Å². The average molecular weight is 265 g/mol. The SMILES string of the molecule is CCOCCOc1ccc(C)cc1CNCC(C)C. The molecule has 0 amide bonds. The van der Waals surface area contributed by atoms with Crippen LogP contribution < -0.4 is 10.1 Å². The third kappa shape index (κ3) is 6.60. The van der Waals surface area contributed by atoms with E-state index in [-0.39, 0.29) is 0 Å². The fraction of sp³-hybridized carbons (Fsp3) is 0.625. The molecule has 0 saturated carbocycles. The molecule has 3 nitrogen and oxygen atoms in total. The van der Waals surface area contributed by atoms with Crippen LogP contribution in [0.15, 0.2) is 18.2 Å². The van der Waals surface area contributed by atoms with Crippen molar-refractivity contribution in [2.45, 2.75) is 34.2 Å². The van der Waals surface area contributed by atoms with Crippen LogP contribution in [0.25, 0.3) is 0 Å². The first kappa shape index (κ1) is 16.0. The summed E-state index contributed by atoms with van der Waals surface area (Å²) in [5, 5.41) is 3.46. The summed E-state index contributed by atoms with van der Waals surface area (Å²) in [4.78, 5) is 0. The van der Waals surface area contributed by atoms with Crippen LogP contribution >= 0.6 is 0 Å². The first-order valence-corrected chi connectivity index (χ1v) is 7.14. The molecule has 1 rings (SSSR count). The van der Waals surface area contributed by atoms with Gasteiger partial charge in [0, 0.05) is 18.7 Å². The highest BCUT2D eigenvalue weighted by Crippen LogP contribution is 2.20. The molecule has 0 aromatic heterocycles. The molecule has 0 aliphatic carbocycles.